The van der Waals surface area contributed by atoms with E-state index in [4.69, 9.17) is 4.74 Å². The van der Waals surface area contributed by atoms with Crippen LogP contribution in [0.1, 0.15) is 30.9 Å². The van der Waals surface area contributed by atoms with Crippen molar-refractivity contribution < 1.29 is 14.6 Å². The molecule has 25 heavy (non-hydrogen) atoms. The van der Waals surface area contributed by atoms with E-state index in [-0.39, 0.29) is 24.6 Å². The number of carbonyl (C=O) groups is 1. The molecule has 0 saturated carbocycles. The van der Waals surface area contributed by atoms with Crippen molar-refractivity contribution in [1.82, 2.24) is 10.2 Å². The molecule has 2 amide bonds. The number of nitrogens with one attached hydrogen (secondary N) is 1. The van der Waals surface area contributed by atoms with Gasteiger partial charge < -0.3 is 20.1 Å². The van der Waals surface area contributed by atoms with Crippen LogP contribution in [0, 0.1) is 5.92 Å². The number of aliphatic hydroxyl groups is 1. The number of nitrogens with zero attached hydrogens (tertiary/aromatic N) is 1. The number of fused-ring (bicyclic) bond motifs is 3. The summed E-state index contributed by atoms with van der Waals surface area (Å²) in [6, 6.07) is 12.3. The van der Waals surface area contributed by atoms with E-state index in [0.717, 1.165) is 41.3 Å². The molecule has 132 valence electrons. The first-order chi connectivity index (χ1) is 12.3. The molecule has 0 aliphatic carbocycles. The van der Waals surface area contributed by atoms with Crippen LogP contribution in [-0.4, -0.2) is 42.3 Å². The minimum Gasteiger partial charge on any atom is -0.493 e. The maximum absolute atomic E-state index is 12.7. The van der Waals surface area contributed by atoms with Gasteiger partial charge in [-0.2, -0.15) is 0 Å². The van der Waals surface area contributed by atoms with Crippen molar-refractivity contribution in [2.45, 2.75) is 25.3 Å². The van der Waals surface area contributed by atoms with Crippen LogP contribution in [-0.2, 0) is 0 Å². The van der Waals surface area contributed by atoms with Crippen LogP contribution in [0.25, 0.3) is 10.8 Å². The van der Waals surface area contributed by atoms with Gasteiger partial charge in [-0.15, -0.1) is 0 Å². The number of benzene rings is 2. The van der Waals surface area contributed by atoms with E-state index < -0.39 is 0 Å². The van der Waals surface area contributed by atoms with Crippen LogP contribution < -0.4 is 10.1 Å². The molecule has 1 fully saturated rings. The predicted octanol–water partition coefficient (Wildman–Crippen LogP) is 3.08. The molecular weight excluding hydrogens is 316 g/mol. The SMILES string of the molecule is O=C(NC1CCCOc2c1ccc1ccccc21)N1CCC(CO)C1. The number of aliphatic hydroxyl groups excluding tert-OH is 1. The third-order valence-electron chi connectivity index (χ3n) is 5.30. The minimum atomic E-state index is -0.0399. The lowest BCUT2D eigenvalue weighted by Gasteiger charge is -2.23. The summed E-state index contributed by atoms with van der Waals surface area (Å²) in [4.78, 5) is 14.5. The van der Waals surface area contributed by atoms with Gasteiger partial charge in [0.05, 0.1) is 12.6 Å². The van der Waals surface area contributed by atoms with Crippen molar-refractivity contribution in [2.24, 2.45) is 5.92 Å². The summed E-state index contributed by atoms with van der Waals surface area (Å²) < 4.78 is 6.04. The average molecular weight is 340 g/mol. The smallest absolute Gasteiger partial charge is 0.317 e. The monoisotopic (exact) mass is 340 g/mol. The molecule has 2 aliphatic rings. The third kappa shape index (κ3) is 3.16. The normalized spacial score (nSPS) is 23.0. The number of amides is 2. The maximum atomic E-state index is 12.7. The Morgan fingerprint density at radius 1 is 1.24 bits per heavy atom. The molecule has 2 aromatic rings. The van der Waals surface area contributed by atoms with Gasteiger partial charge in [0.1, 0.15) is 5.75 Å². The van der Waals surface area contributed by atoms with E-state index in [1.807, 2.05) is 17.0 Å². The zero-order valence-electron chi connectivity index (χ0n) is 14.3. The fourth-order valence-electron chi connectivity index (χ4n) is 3.87. The van der Waals surface area contributed by atoms with Gasteiger partial charge in [0, 0.05) is 36.6 Å². The number of rotatable bonds is 2. The second-order valence-corrected chi connectivity index (χ2v) is 6.98. The van der Waals surface area contributed by atoms with E-state index >= 15 is 0 Å². The van der Waals surface area contributed by atoms with Gasteiger partial charge in [-0.25, -0.2) is 4.79 Å². The Bertz CT molecular complexity index is 777. The molecule has 5 heteroatoms. The number of hydrogen-bond donors (Lipinski definition) is 2. The summed E-state index contributed by atoms with van der Waals surface area (Å²) in [6.45, 7) is 2.17. The fraction of sp³-hybridized carbons (Fsp3) is 0.450. The first-order valence-corrected chi connectivity index (χ1v) is 9.07. The average Bonchev–Trinajstić information content (AvgIpc) is 3.04. The molecule has 2 N–H and O–H groups in total. The first kappa shape index (κ1) is 16.2. The summed E-state index contributed by atoms with van der Waals surface area (Å²) in [6.07, 6.45) is 2.65. The van der Waals surface area contributed by atoms with Crippen molar-refractivity contribution in [3.8, 4) is 5.75 Å². The van der Waals surface area contributed by atoms with Crippen LogP contribution in [0.5, 0.6) is 5.75 Å². The van der Waals surface area contributed by atoms with Crippen LogP contribution in [0.4, 0.5) is 4.79 Å². The number of urea groups is 1. The van der Waals surface area contributed by atoms with Crippen molar-refractivity contribution in [2.75, 3.05) is 26.3 Å². The standard InChI is InChI=1S/C20H24N2O3/c23-13-14-9-10-22(12-14)20(24)21-18-6-3-11-25-19-16-5-2-1-4-15(16)7-8-17(18)19/h1-2,4-5,7-8,14,18,23H,3,6,9-13H2,(H,21,24). The molecule has 0 radical (unpaired) electrons. The first-order valence-electron chi connectivity index (χ1n) is 9.07. The highest BCUT2D eigenvalue weighted by molar-refractivity contribution is 5.90. The quantitative estimate of drug-likeness (QED) is 0.883. The third-order valence-corrected chi connectivity index (χ3v) is 5.30. The summed E-state index contributed by atoms with van der Waals surface area (Å²) in [5.74, 6) is 1.11. The van der Waals surface area contributed by atoms with Crippen LogP contribution in [0.2, 0.25) is 0 Å². The molecule has 1 saturated heterocycles. The number of likely N-dealkylation sites (tertiary alicyclic amines) is 1. The Labute approximate surface area is 147 Å². The van der Waals surface area contributed by atoms with Gasteiger partial charge in [0.25, 0.3) is 0 Å². The number of hydrogen-bond acceptors (Lipinski definition) is 3. The van der Waals surface area contributed by atoms with Crippen LogP contribution >= 0.6 is 0 Å². The summed E-state index contributed by atoms with van der Waals surface area (Å²) in [5, 5.41) is 14.7. The zero-order chi connectivity index (χ0) is 17.2. The minimum absolute atomic E-state index is 0.0391. The molecule has 0 bridgehead atoms. The Balaban J connectivity index is 1.59. The van der Waals surface area contributed by atoms with E-state index in [2.05, 4.69) is 29.6 Å². The van der Waals surface area contributed by atoms with Gasteiger partial charge in [0.15, 0.2) is 0 Å². The maximum Gasteiger partial charge on any atom is 0.317 e. The van der Waals surface area contributed by atoms with Crippen LogP contribution in [0.3, 0.4) is 0 Å². The van der Waals surface area contributed by atoms with E-state index in [1.54, 1.807) is 0 Å². The van der Waals surface area contributed by atoms with E-state index in [1.165, 1.54) is 0 Å². The molecule has 0 aromatic heterocycles. The van der Waals surface area contributed by atoms with Gasteiger partial charge in [0.2, 0.25) is 0 Å². The van der Waals surface area contributed by atoms with Crippen molar-refractivity contribution >= 4 is 16.8 Å². The zero-order valence-corrected chi connectivity index (χ0v) is 14.3. The topological polar surface area (TPSA) is 61.8 Å². The van der Waals surface area contributed by atoms with Gasteiger partial charge in [-0.3, -0.25) is 0 Å². The number of carbonyl (C=O) groups excluding carboxylic acids is 1. The van der Waals surface area contributed by atoms with Crippen molar-refractivity contribution in [3.05, 3.63) is 42.0 Å². The molecule has 2 unspecified atom stereocenters. The largest absolute Gasteiger partial charge is 0.493 e. The number of ether oxygens (including phenoxy) is 1. The van der Waals surface area contributed by atoms with Crippen molar-refractivity contribution in [1.29, 1.82) is 0 Å². The summed E-state index contributed by atoms with van der Waals surface area (Å²) in [5.41, 5.74) is 1.06. The van der Waals surface area contributed by atoms with Gasteiger partial charge >= 0.3 is 6.03 Å². The highest BCUT2D eigenvalue weighted by Gasteiger charge is 2.29. The van der Waals surface area contributed by atoms with Crippen molar-refractivity contribution in [3.63, 3.8) is 0 Å². The molecular formula is C20H24N2O3. The van der Waals surface area contributed by atoms with Crippen LogP contribution in [0.15, 0.2) is 36.4 Å². The lowest BCUT2D eigenvalue weighted by molar-refractivity contribution is 0.194. The molecule has 2 aliphatic heterocycles. The Hall–Kier alpha value is -2.27. The summed E-state index contributed by atoms with van der Waals surface area (Å²) >= 11 is 0. The lowest BCUT2D eigenvalue weighted by Crippen LogP contribution is -2.40. The highest BCUT2D eigenvalue weighted by atomic mass is 16.5. The highest BCUT2D eigenvalue weighted by Crippen LogP contribution is 2.37. The lowest BCUT2D eigenvalue weighted by atomic mass is 9.98. The molecule has 0 spiro atoms. The Morgan fingerprint density at radius 3 is 2.96 bits per heavy atom. The molecule has 2 heterocycles. The Kier molecular flexibility index (Phi) is 4.49. The Morgan fingerprint density at radius 2 is 2.12 bits per heavy atom. The van der Waals surface area contributed by atoms with E-state index in [0.29, 0.717) is 19.7 Å². The molecule has 2 aromatic carbocycles. The van der Waals surface area contributed by atoms with Gasteiger partial charge in [-0.05, 0) is 24.6 Å². The second-order valence-electron chi connectivity index (χ2n) is 6.98. The van der Waals surface area contributed by atoms with Gasteiger partial charge in [-0.1, -0.05) is 36.4 Å². The molecule has 4 rings (SSSR count). The fourth-order valence-corrected chi connectivity index (χ4v) is 3.87. The molecule has 2 atom stereocenters. The second kappa shape index (κ2) is 6.92. The van der Waals surface area contributed by atoms with E-state index in [9.17, 15) is 9.90 Å². The molecule has 5 nitrogen and oxygen atoms in total. The predicted molar refractivity (Wildman–Crippen MR) is 96.7 cm³/mol. The summed E-state index contributed by atoms with van der Waals surface area (Å²) in [7, 11) is 0.